The highest BCUT2D eigenvalue weighted by Gasteiger charge is 1.84. The maximum absolute atomic E-state index is 3.55. The van der Waals surface area contributed by atoms with Gasteiger partial charge >= 0.3 is 0 Å². The lowest BCUT2D eigenvalue weighted by Gasteiger charge is -1.94. The molecule has 0 aromatic carbocycles. The topological polar surface area (TPSA) is 0 Å². The van der Waals surface area contributed by atoms with E-state index >= 15 is 0 Å². The second-order valence-corrected chi connectivity index (χ2v) is 2.41. The van der Waals surface area contributed by atoms with Gasteiger partial charge in [-0.25, -0.2) is 0 Å². The molecule has 0 heteroatoms. The average Bonchev–Trinajstić information content (AvgIpc) is 1.89. The molecule has 1 radical (unpaired) electrons. The van der Waals surface area contributed by atoms with Crippen LogP contribution in [0.15, 0.2) is 6.58 Å². The summed E-state index contributed by atoms with van der Waals surface area (Å²) < 4.78 is 0. The van der Waals surface area contributed by atoms with E-state index in [1.54, 1.807) is 0 Å². The molecular formula is C9H17. The second-order valence-electron chi connectivity index (χ2n) is 2.41. The molecule has 0 amide bonds. The zero-order valence-electron chi connectivity index (χ0n) is 6.45. The third-order valence-electron chi connectivity index (χ3n) is 1.46. The van der Waals surface area contributed by atoms with Crippen LogP contribution >= 0.6 is 0 Å². The third-order valence-corrected chi connectivity index (χ3v) is 1.46. The van der Waals surface area contributed by atoms with Gasteiger partial charge in [0.15, 0.2) is 0 Å². The van der Waals surface area contributed by atoms with Gasteiger partial charge < -0.3 is 0 Å². The van der Waals surface area contributed by atoms with Gasteiger partial charge in [0, 0.05) is 0 Å². The highest BCUT2D eigenvalue weighted by molar-refractivity contribution is 4.54. The first-order valence-corrected chi connectivity index (χ1v) is 3.91. The Hall–Kier alpha value is -0.260. The predicted octanol–water partition coefficient (Wildman–Crippen LogP) is 3.34. The van der Waals surface area contributed by atoms with Crippen molar-refractivity contribution in [2.45, 2.75) is 45.4 Å². The summed E-state index contributed by atoms with van der Waals surface area (Å²) in [6.07, 6.45) is 10.7. The van der Waals surface area contributed by atoms with Gasteiger partial charge in [-0.2, -0.15) is 0 Å². The van der Waals surface area contributed by atoms with Gasteiger partial charge in [-0.3, -0.25) is 0 Å². The molecule has 0 aliphatic rings. The molecule has 0 saturated carbocycles. The zero-order valence-corrected chi connectivity index (χ0v) is 6.45. The Labute approximate surface area is 59.0 Å². The molecular weight excluding hydrogens is 108 g/mol. The molecule has 9 heavy (non-hydrogen) atoms. The van der Waals surface area contributed by atoms with E-state index in [2.05, 4.69) is 19.6 Å². The molecule has 53 valence electrons. The molecule has 0 N–H and O–H groups in total. The first-order valence-electron chi connectivity index (χ1n) is 3.91. The van der Waals surface area contributed by atoms with Gasteiger partial charge in [0.1, 0.15) is 0 Å². The summed E-state index contributed by atoms with van der Waals surface area (Å²) in [4.78, 5) is 0. The highest BCUT2D eigenvalue weighted by atomic mass is 13.9. The quantitative estimate of drug-likeness (QED) is 0.478. The van der Waals surface area contributed by atoms with Crippen molar-refractivity contribution in [2.75, 3.05) is 0 Å². The van der Waals surface area contributed by atoms with Crippen LogP contribution in [-0.2, 0) is 0 Å². The van der Waals surface area contributed by atoms with E-state index < -0.39 is 0 Å². The smallest absolute Gasteiger partial charge is 0.0282 e. The number of hydrogen-bond donors (Lipinski definition) is 0. The Bertz CT molecular complexity index is 55.1. The minimum Gasteiger partial charge on any atom is -0.0956 e. The fourth-order valence-corrected chi connectivity index (χ4v) is 0.854. The summed E-state index contributed by atoms with van der Waals surface area (Å²) in [5.41, 5.74) is 0. The van der Waals surface area contributed by atoms with Crippen LogP contribution in [0.1, 0.15) is 45.4 Å². The standard InChI is InChI=1S/C9H17/c1-3-5-7-9-8-6-4-2/h1,4-9H2,2H3. The Morgan fingerprint density at radius 1 is 1.11 bits per heavy atom. The van der Waals surface area contributed by atoms with Crippen LogP contribution in [0, 0.1) is 6.08 Å². The molecule has 0 heterocycles. The number of hydrogen-bond acceptors (Lipinski definition) is 0. The molecule has 0 fully saturated rings. The Kier molecular flexibility index (Phi) is 7.52. The lowest BCUT2D eigenvalue weighted by Crippen LogP contribution is -1.75. The maximum atomic E-state index is 3.55. The summed E-state index contributed by atoms with van der Waals surface area (Å²) in [5, 5.41) is 0. The predicted molar refractivity (Wildman–Crippen MR) is 42.2 cm³/mol. The van der Waals surface area contributed by atoms with Crippen LogP contribution in [0.5, 0.6) is 0 Å². The normalized spacial score (nSPS) is 9.44. The molecule has 0 bridgehead atoms. The lowest BCUT2D eigenvalue weighted by molar-refractivity contribution is 0.635. The first-order chi connectivity index (χ1) is 4.41. The molecule has 0 aliphatic carbocycles. The Morgan fingerprint density at radius 2 is 1.78 bits per heavy atom. The summed E-state index contributed by atoms with van der Waals surface area (Å²) >= 11 is 0. The molecule has 0 nitrogen and oxygen atoms in total. The zero-order chi connectivity index (χ0) is 6.95. The van der Waals surface area contributed by atoms with Gasteiger partial charge in [-0.05, 0) is 12.8 Å². The van der Waals surface area contributed by atoms with Crippen molar-refractivity contribution in [1.29, 1.82) is 0 Å². The molecule has 0 unspecified atom stereocenters. The molecule has 0 aromatic rings. The van der Waals surface area contributed by atoms with E-state index in [0.717, 1.165) is 6.42 Å². The van der Waals surface area contributed by atoms with Gasteiger partial charge in [-0.15, -0.1) is 0 Å². The number of rotatable bonds is 6. The highest BCUT2D eigenvalue weighted by Crippen LogP contribution is 2.03. The van der Waals surface area contributed by atoms with Crippen LogP contribution in [-0.4, -0.2) is 0 Å². The van der Waals surface area contributed by atoms with E-state index in [1.165, 1.54) is 32.1 Å². The monoisotopic (exact) mass is 125 g/mol. The largest absolute Gasteiger partial charge is 0.0956 e. The van der Waals surface area contributed by atoms with Crippen molar-refractivity contribution in [3.8, 4) is 0 Å². The molecule has 0 aliphatic heterocycles. The van der Waals surface area contributed by atoms with Crippen molar-refractivity contribution >= 4 is 0 Å². The van der Waals surface area contributed by atoms with E-state index in [1.807, 2.05) is 0 Å². The Morgan fingerprint density at radius 3 is 2.33 bits per heavy atom. The van der Waals surface area contributed by atoms with Gasteiger partial charge in [0.05, 0.1) is 0 Å². The van der Waals surface area contributed by atoms with Crippen LogP contribution < -0.4 is 0 Å². The fraction of sp³-hybridized carbons (Fsp3) is 0.778. The van der Waals surface area contributed by atoms with E-state index in [-0.39, 0.29) is 0 Å². The summed E-state index contributed by atoms with van der Waals surface area (Å²) in [5.74, 6) is 0. The molecule has 0 aromatic heterocycles. The van der Waals surface area contributed by atoms with Crippen LogP contribution in [0.2, 0.25) is 0 Å². The SMILES string of the molecule is C=[C]CCCCCCC. The molecule has 0 rings (SSSR count). The van der Waals surface area contributed by atoms with Crippen molar-refractivity contribution in [2.24, 2.45) is 0 Å². The van der Waals surface area contributed by atoms with Crippen LogP contribution in [0.3, 0.4) is 0 Å². The molecule has 0 spiro atoms. The molecule has 0 saturated heterocycles. The van der Waals surface area contributed by atoms with Gasteiger partial charge in [-0.1, -0.05) is 45.3 Å². The van der Waals surface area contributed by atoms with E-state index in [4.69, 9.17) is 0 Å². The fourth-order valence-electron chi connectivity index (χ4n) is 0.854. The van der Waals surface area contributed by atoms with Crippen molar-refractivity contribution < 1.29 is 0 Å². The lowest BCUT2D eigenvalue weighted by atomic mass is 10.1. The average molecular weight is 125 g/mol. The minimum atomic E-state index is 1.07. The van der Waals surface area contributed by atoms with E-state index in [9.17, 15) is 0 Å². The Balaban J connectivity index is 2.66. The van der Waals surface area contributed by atoms with E-state index in [0.29, 0.717) is 0 Å². The summed E-state index contributed by atoms with van der Waals surface area (Å²) in [6.45, 7) is 5.79. The van der Waals surface area contributed by atoms with Crippen molar-refractivity contribution in [3.05, 3.63) is 12.7 Å². The molecule has 0 atom stereocenters. The van der Waals surface area contributed by atoms with Gasteiger partial charge in [0.25, 0.3) is 0 Å². The van der Waals surface area contributed by atoms with Crippen molar-refractivity contribution in [1.82, 2.24) is 0 Å². The summed E-state index contributed by atoms with van der Waals surface area (Å²) in [6, 6.07) is 0. The number of allylic oxidation sites excluding steroid dienone is 1. The third kappa shape index (κ3) is 7.74. The second kappa shape index (κ2) is 7.74. The summed E-state index contributed by atoms with van der Waals surface area (Å²) in [7, 11) is 0. The van der Waals surface area contributed by atoms with Crippen LogP contribution in [0.4, 0.5) is 0 Å². The minimum absolute atomic E-state index is 1.07. The number of unbranched alkanes of at least 4 members (excludes halogenated alkanes) is 5. The maximum Gasteiger partial charge on any atom is -0.0282 e. The van der Waals surface area contributed by atoms with Gasteiger partial charge in [0.2, 0.25) is 0 Å². The van der Waals surface area contributed by atoms with Crippen molar-refractivity contribution in [3.63, 3.8) is 0 Å². The first kappa shape index (κ1) is 8.74. The van der Waals surface area contributed by atoms with Crippen LogP contribution in [0.25, 0.3) is 0 Å².